The average Bonchev–Trinajstić information content (AvgIpc) is 2.45. The van der Waals surface area contributed by atoms with Gasteiger partial charge in [-0.2, -0.15) is 0 Å². The first kappa shape index (κ1) is 17.2. The van der Waals surface area contributed by atoms with Crippen LogP contribution in [-0.2, 0) is 4.79 Å². The number of carbonyl (C=O) groups is 2. The van der Waals surface area contributed by atoms with E-state index < -0.39 is 12.0 Å². The average molecular weight is 293 g/mol. The normalized spacial score (nSPS) is 13.5. The first-order chi connectivity index (χ1) is 9.88. The van der Waals surface area contributed by atoms with Gasteiger partial charge in [-0.25, -0.2) is 0 Å². The second kappa shape index (κ2) is 7.78. The topological polar surface area (TPSA) is 75.6 Å². The Bertz CT molecular complexity index is 513. The summed E-state index contributed by atoms with van der Waals surface area (Å²) in [5, 5.41) is 12.1. The van der Waals surface area contributed by atoms with Gasteiger partial charge in [0.2, 0.25) is 0 Å². The van der Waals surface area contributed by atoms with Gasteiger partial charge in [0.15, 0.2) is 5.78 Å². The fourth-order valence-corrected chi connectivity index (χ4v) is 2.09. The molecule has 2 N–H and O–H groups in total. The van der Waals surface area contributed by atoms with Crippen molar-refractivity contribution in [2.24, 2.45) is 0 Å². The van der Waals surface area contributed by atoms with Crippen LogP contribution in [-0.4, -0.2) is 36.1 Å². The van der Waals surface area contributed by atoms with Crippen LogP contribution >= 0.6 is 0 Å². The Morgan fingerprint density at radius 1 is 1.38 bits per heavy atom. The van der Waals surface area contributed by atoms with Crippen LogP contribution in [0.25, 0.3) is 0 Å². The lowest BCUT2D eigenvalue weighted by atomic mass is 9.96. The third kappa shape index (κ3) is 4.86. The molecule has 0 aliphatic carbocycles. The molecule has 0 saturated heterocycles. The highest BCUT2D eigenvalue weighted by molar-refractivity contribution is 6.03. The van der Waals surface area contributed by atoms with Gasteiger partial charge >= 0.3 is 5.97 Å². The molecular formula is C16H23NO4. The number of aryl methyl sites for hydroxylation is 1. The quantitative estimate of drug-likeness (QED) is 0.720. The van der Waals surface area contributed by atoms with Crippen LogP contribution in [0.5, 0.6) is 5.75 Å². The number of carboxylic acid groups (broad SMARTS) is 1. The summed E-state index contributed by atoms with van der Waals surface area (Å²) in [6.07, 6.45) is 0.597. The number of Topliss-reactive ketones (excluding diaryl/α,β-unsaturated/α-hetero) is 1. The maximum atomic E-state index is 12.6. The van der Waals surface area contributed by atoms with Crippen molar-refractivity contribution in [3.63, 3.8) is 0 Å². The predicted molar refractivity (Wildman–Crippen MR) is 81.0 cm³/mol. The summed E-state index contributed by atoms with van der Waals surface area (Å²) in [5.74, 6) is -0.512. The summed E-state index contributed by atoms with van der Waals surface area (Å²) in [6, 6.07) is 4.53. The van der Waals surface area contributed by atoms with Crippen molar-refractivity contribution < 1.29 is 19.4 Å². The second-order valence-electron chi connectivity index (χ2n) is 5.17. The lowest BCUT2D eigenvalue weighted by Gasteiger charge is -2.21. The van der Waals surface area contributed by atoms with Crippen LogP contribution in [0, 0.1) is 6.92 Å². The number of rotatable bonds is 8. The highest BCUT2D eigenvalue weighted by Crippen LogP contribution is 2.19. The molecule has 0 amide bonds. The highest BCUT2D eigenvalue weighted by atomic mass is 16.5. The third-order valence-electron chi connectivity index (χ3n) is 3.49. The zero-order chi connectivity index (χ0) is 16.0. The summed E-state index contributed by atoms with van der Waals surface area (Å²) in [4.78, 5) is 23.6. The molecule has 2 atom stereocenters. The maximum absolute atomic E-state index is 12.6. The van der Waals surface area contributed by atoms with Crippen LogP contribution in [0.15, 0.2) is 18.2 Å². The van der Waals surface area contributed by atoms with Gasteiger partial charge in [-0.3, -0.25) is 9.59 Å². The molecule has 1 rings (SSSR count). The number of ketones is 1. The summed E-state index contributed by atoms with van der Waals surface area (Å²) in [5.41, 5.74) is 1.30. The number of ether oxygens (including phenoxy) is 1. The molecule has 0 saturated carbocycles. The standard InChI is InChI=1S/C16H23NO4/c1-5-11(3)17-14(9-15(18)19)16(20)13-7-6-12(21-4)8-10(13)2/h6-8,11,14,17H,5,9H2,1-4H3,(H,18,19). The van der Waals surface area contributed by atoms with Gasteiger partial charge in [0.05, 0.1) is 19.6 Å². The summed E-state index contributed by atoms with van der Waals surface area (Å²) in [7, 11) is 1.56. The number of methoxy groups -OCH3 is 1. The van der Waals surface area contributed by atoms with E-state index in [1.807, 2.05) is 20.8 Å². The molecule has 0 heterocycles. The van der Waals surface area contributed by atoms with E-state index in [-0.39, 0.29) is 18.2 Å². The Balaban J connectivity index is 3.01. The van der Waals surface area contributed by atoms with E-state index in [2.05, 4.69) is 5.32 Å². The van der Waals surface area contributed by atoms with Crippen LogP contribution in [0.4, 0.5) is 0 Å². The summed E-state index contributed by atoms with van der Waals surface area (Å²) >= 11 is 0. The molecular weight excluding hydrogens is 270 g/mol. The van der Waals surface area contributed by atoms with Crippen molar-refractivity contribution >= 4 is 11.8 Å². The van der Waals surface area contributed by atoms with Crippen molar-refractivity contribution in [1.29, 1.82) is 0 Å². The van der Waals surface area contributed by atoms with E-state index >= 15 is 0 Å². The predicted octanol–water partition coefficient (Wildman–Crippen LogP) is 2.42. The van der Waals surface area contributed by atoms with E-state index in [1.54, 1.807) is 25.3 Å². The fourth-order valence-electron chi connectivity index (χ4n) is 2.09. The lowest BCUT2D eigenvalue weighted by molar-refractivity contribution is -0.137. The van der Waals surface area contributed by atoms with Gasteiger partial charge in [0.1, 0.15) is 5.75 Å². The molecule has 5 nitrogen and oxygen atoms in total. The van der Waals surface area contributed by atoms with Crippen molar-refractivity contribution in [1.82, 2.24) is 5.32 Å². The number of hydrogen-bond donors (Lipinski definition) is 2. The molecule has 21 heavy (non-hydrogen) atoms. The minimum absolute atomic E-state index is 0.0804. The molecule has 0 aliphatic heterocycles. The first-order valence-corrected chi connectivity index (χ1v) is 7.05. The number of carbonyl (C=O) groups excluding carboxylic acids is 1. The van der Waals surface area contributed by atoms with E-state index in [9.17, 15) is 9.59 Å². The zero-order valence-electron chi connectivity index (χ0n) is 13.0. The van der Waals surface area contributed by atoms with Gasteiger partial charge < -0.3 is 15.2 Å². The van der Waals surface area contributed by atoms with Gasteiger partial charge in [-0.05, 0) is 44.0 Å². The molecule has 5 heteroatoms. The monoisotopic (exact) mass is 293 g/mol. The molecule has 0 aromatic heterocycles. The lowest BCUT2D eigenvalue weighted by Crippen LogP contribution is -2.43. The Kier molecular flexibility index (Phi) is 6.37. The fraction of sp³-hybridized carbons (Fsp3) is 0.500. The smallest absolute Gasteiger partial charge is 0.305 e. The number of hydrogen-bond acceptors (Lipinski definition) is 4. The van der Waals surface area contributed by atoms with E-state index in [0.717, 1.165) is 12.0 Å². The van der Waals surface area contributed by atoms with E-state index in [0.29, 0.717) is 11.3 Å². The number of benzene rings is 1. The maximum Gasteiger partial charge on any atom is 0.305 e. The molecule has 1 aromatic rings. The number of aliphatic carboxylic acids is 1. The van der Waals surface area contributed by atoms with Crippen LogP contribution in [0.3, 0.4) is 0 Å². The van der Waals surface area contributed by atoms with Crippen molar-refractivity contribution in [2.75, 3.05) is 7.11 Å². The van der Waals surface area contributed by atoms with Crippen LogP contribution < -0.4 is 10.1 Å². The Morgan fingerprint density at radius 2 is 2.05 bits per heavy atom. The molecule has 1 aromatic carbocycles. The van der Waals surface area contributed by atoms with Crippen LogP contribution in [0.1, 0.15) is 42.6 Å². The minimum atomic E-state index is -0.990. The highest BCUT2D eigenvalue weighted by Gasteiger charge is 2.25. The minimum Gasteiger partial charge on any atom is -0.497 e. The largest absolute Gasteiger partial charge is 0.497 e. The number of nitrogens with one attached hydrogen (secondary N) is 1. The number of carboxylic acids is 1. The van der Waals surface area contributed by atoms with Crippen LogP contribution in [0.2, 0.25) is 0 Å². The summed E-state index contributed by atoms with van der Waals surface area (Å²) in [6.45, 7) is 5.73. The molecule has 0 bridgehead atoms. The Labute approximate surface area is 125 Å². The molecule has 0 radical (unpaired) electrons. The molecule has 2 unspecified atom stereocenters. The first-order valence-electron chi connectivity index (χ1n) is 7.05. The molecule has 0 aliphatic rings. The van der Waals surface area contributed by atoms with Crippen molar-refractivity contribution in [2.45, 2.75) is 45.7 Å². The third-order valence-corrected chi connectivity index (χ3v) is 3.49. The molecule has 0 spiro atoms. The molecule has 116 valence electrons. The van der Waals surface area contributed by atoms with Gasteiger partial charge in [-0.1, -0.05) is 6.92 Å². The van der Waals surface area contributed by atoms with Gasteiger partial charge in [0.25, 0.3) is 0 Å². The second-order valence-corrected chi connectivity index (χ2v) is 5.17. The van der Waals surface area contributed by atoms with Crippen molar-refractivity contribution in [3.05, 3.63) is 29.3 Å². The summed E-state index contributed by atoms with van der Waals surface area (Å²) < 4.78 is 5.12. The van der Waals surface area contributed by atoms with Crippen molar-refractivity contribution in [3.8, 4) is 5.75 Å². The Morgan fingerprint density at radius 3 is 2.52 bits per heavy atom. The van der Waals surface area contributed by atoms with Gasteiger partial charge in [-0.15, -0.1) is 0 Å². The SMILES string of the molecule is CCC(C)NC(CC(=O)O)C(=O)c1ccc(OC)cc1C. The van der Waals surface area contributed by atoms with E-state index in [4.69, 9.17) is 9.84 Å². The Hall–Kier alpha value is -1.88. The molecule has 0 fully saturated rings. The zero-order valence-corrected chi connectivity index (χ0v) is 13.0. The van der Waals surface area contributed by atoms with E-state index in [1.165, 1.54) is 0 Å². The van der Waals surface area contributed by atoms with Gasteiger partial charge in [0, 0.05) is 11.6 Å².